The molecule has 0 atom stereocenters. The number of hydrogen-bond donors (Lipinski definition) is 0. The molecule has 1 aliphatic heterocycles. The van der Waals surface area contributed by atoms with E-state index < -0.39 is 4.92 Å². The minimum Gasteiger partial charge on any atom is -0.490 e. The van der Waals surface area contributed by atoms with Gasteiger partial charge in [-0.1, -0.05) is 12.1 Å². The number of carbonyl (C=O) groups is 1. The number of para-hydroxylation sites is 1. The molecule has 128 valence electrons. The SMILES string of the molecule is O=C(C=Cc1ccccc1[N+](=O)[O-])c1cc2c(cc1Br)OCCCO2. The van der Waals surface area contributed by atoms with E-state index in [2.05, 4.69) is 15.9 Å². The highest BCUT2D eigenvalue weighted by molar-refractivity contribution is 9.10. The molecule has 25 heavy (non-hydrogen) atoms. The summed E-state index contributed by atoms with van der Waals surface area (Å²) >= 11 is 3.37. The van der Waals surface area contributed by atoms with Crippen LogP contribution >= 0.6 is 15.9 Å². The molecule has 2 aromatic rings. The number of rotatable bonds is 4. The lowest BCUT2D eigenvalue weighted by molar-refractivity contribution is -0.385. The lowest BCUT2D eigenvalue weighted by Crippen LogP contribution is -1.99. The van der Waals surface area contributed by atoms with Gasteiger partial charge in [-0.2, -0.15) is 0 Å². The Morgan fingerprint density at radius 2 is 1.84 bits per heavy atom. The van der Waals surface area contributed by atoms with Crippen molar-refractivity contribution in [2.24, 2.45) is 0 Å². The van der Waals surface area contributed by atoms with Gasteiger partial charge in [0.05, 0.1) is 23.7 Å². The summed E-state index contributed by atoms with van der Waals surface area (Å²) in [4.78, 5) is 23.1. The van der Waals surface area contributed by atoms with E-state index in [1.807, 2.05) is 0 Å². The number of nitrogens with zero attached hydrogens (tertiary/aromatic N) is 1. The van der Waals surface area contributed by atoms with Crippen LogP contribution in [-0.4, -0.2) is 23.9 Å². The third kappa shape index (κ3) is 3.88. The first-order valence-electron chi connectivity index (χ1n) is 7.61. The molecule has 0 saturated carbocycles. The first-order chi connectivity index (χ1) is 12.1. The number of hydrogen-bond acceptors (Lipinski definition) is 5. The predicted molar refractivity (Wildman–Crippen MR) is 96.2 cm³/mol. The molecule has 0 amide bonds. The van der Waals surface area contributed by atoms with E-state index in [0.717, 1.165) is 6.42 Å². The van der Waals surface area contributed by atoms with E-state index in [1.165, 1.54) is 18.2 Å². The lowest BCUT2D eigenvalue weighted by atomic mass is 10.1. The van der Waals surface area contributed by atoms with Crippen LogP contribution in [0.2, 0.25) is 0 Å². The molecule has 0 aliphatic carbocycles. The molecule has 0 fully saturated rings. The van der Waals surface area contributed by atoms with Crippen LogP contribution in [0.25, 0.3) is 6.08 Å². The fourth-order valence-electron chi connectivity index (χ4n) is 2.42. The number of nitro groups is 1. The normalized spacial score (nSPS) is 13.5. The summed E-state index contributed by atoms with van der Waals surface area (Å²) in [6.45, 7) is 1.08. The molecule has 0 saturated heterocycles. The molecule has 0 bridgehead atoms. The Labute approximate surface area is 152 Å². The molecule has 6 nitrogen and oxygen atoms in total. The van der Waals surface area contributed by atoms with Crippen molar-refractivity contribution >= 4 is 33.5 Å². The quantitative estimate of drug-likeness (QED) is 0.326. The van der Waals surface area contributed by atoms with Crippen molar-refractivity contribution in [2.75, 3.05) is 13.2 Å². The molecular weight excluding hydrogens is 390 g/mol. The van der Waals surface area contributed by atoms with E-state index in [9.17, 15) is 14.9 Å². The van der Waals surface area contributed by atoms with Gasteiger partial charge < -0.3 is 9.47 Å². The van der Waals surface area contributed by atoms with Crippen LogP contribution in [-0.2, 0) is 0 Å². The van der Waals surface area contributed by atoms with Gasteiger partial charge in [-0.05, 0) is 46.3 Å². The maximum atomic E-state index is 12.5. The first-order valence-corrected chi connectivity index (χ1v) is 8.40. The van der Waals surface area contributed by atoms with Crippen molar-refractivity contribution in [3.8, 4) is 11.5 Å². The Hall–Kier alpha value is -2.67. The lowest BCUT2D eigenvalue weighted by Gasteiger charge is -2.10. The van der Waals surface area contributed by atoms with Crippen molar-refractivity contribution in [1.82, 2.24) is 0 Å². The van der Waals surface area contributed by atoms with Crippen LogP contribution < -0.4 is 9.47 Å². The Bertz CT molecular complexity index is 863. The van der Waals surface area contributed by atoms with Gasteiger partial charge in [-0.25, -0.2) is 0 Å². The highest BCUT2D eigenvalue weighted by Gasteiger charge is 2.17. The van der Waals surface area contributed by atoms with Gasteiger partial charge >= 0.3 is 0 Å². The van der Waals surface area contributed by atoms with Crippen LogP contribution in [0.5, 0.6) is 11.5 Å². The molecule has 1 heterocycles. The molecule has 0 spiro atoms. The highest BCUT2D eigenvalue weighted by Crippen LogP contribution is 2.35. The maximum Gasteiger partial charge on any atom is 0.276 e. The molecule has 0 N–H and O–H groups in total. The van der Waals surface area contributed by atoms with E-state index in [4.69, 9.17) is 9.47 Å². The fraction of sp³-hybridized carbons (Fsp3) is 0.167. The molecular formula is C18H14BrNO5. The first kappa shape index (κ1) is 17.2. The average molecular weight is 404 g/mol. The Morgan fingerprint density at radius 3 is 2.56 bits per heavy atom. The van der Waals surface area contributed by atoms with Gasteiger partial charge in [0.2, 0.25) is 0 Å². The number of ether oxygens (including phenoxy) is 2. The van der Waals surface area contributed by atoms with Crippen molar-refractivity contribution in [1.29, 1.82) is 0 Å². The molecule has 7 heteroatoms. The van der Waals surface area contributed by atoms with Gasteiger partial charge in [-0.15, -0.1) is 0 Å². The zero-order valence-electron chi connectivity index (χ0n) is 13.1. The average Bonchev–Trinajstić information content (AvgIpc) is 2.83. The van der Waals surface area contributed by atoms with E-state index in [0.29, 0.717) is 40.3 Å². The van der Waals surface area contributed by atoms with Gasteiger partial charge in [0.15, 0.2) is 17.3 Å². The zero-order chi connectivity index (χ0) is 17.8. The Morgan fingerprint density at radius 1 is 1.16 bits per heavy atom. The van der Waals surface area contributed by atoms with Crippen LogP contribution in [0.3, 0.4) is 0 Å². The fourth-order valence-corrected chi connectivity index (χ4v) is 2.94. The minimum atomic E-state index is -0.479. The second kappa shape index (κ2) is 7.48. The predicted octanol–water partition coefficient (Wildman–Crippen LogP) is 4.41. The van der Waals surface area contributed by atoms with Gasteiger partial charge in [0.1, 0.15) is 0 Å². The number of fused-ring (bicyclic) bond motifs is 1. The third-order valence-corrected chi connectivity index (χ3v) is 4.31. The number of halogens is 1. The molecule has 0 unspecified atom stereocenters. The number of nitro benzene ring substituents is 1. The highest BCUT2D eigenvalue weighted by atomic mass is 79.9. The zero-order valence-corrected chi connectivity index (χ0v) is 14.7. The smallest absolute Gasteiger partial charge is 0.276 e. The molecule has 1 aliphatic rings. The third-order valence-electron chi connectivity index (χ3n) is 3.65. The van der Waals surface area contributed by atoms with Gasteiger partial charge in [-0.3, -0.25) is 14.9 Å². The van der Waals surface area contributed by atoms with Crippen LogP contribution in [0, 0.1) is 10.1 Å². The van der Waals surface area contributed by atoms with Crippen molar-refractivity contribution in [3.05, 3.63) is 68.2 Å². The molecule has 3 rings (SSSR count). The summed E-state index contributed by atoms with van der Waals surface area (Å²) in [5.41, 5.74) is 0.717. The van der Waals surface area contributed by atoms with Crippen LogP contribution in [0.1, 0.15) is 22.3 Å². The number of benzene rings is 2. The minimum absolute atomic E-state index is 0.0516. The summed E-state index contributed by atoms with van der Waals surface area (Å²) in [6, 6.07) is 9.57. The Kier molecular flexibility index (Phi) is 5.14. The van der Waals surface area contributed by atoms with Crippen molar-refractivity contribution in [3.63, 3.8) is 0 Å². The largest absolute Gasteiger partial charge is 0.490 e. The van der Waals surface area contributed by atoms with E-state index in [-0.39, 0.29) is 11.5 Å². The number of allylic oxidation sites excluding steroid dienone is 1. The maximum absolute atomic E-state index is 12.5. The monoisotopic (exact) mass is 403 g/mol. The molecule has 0 radical (unpaired) electrons. The van der Waals surface area contributed by atoms with E-state index >= 15 is 0 Å². The number of carbonyl (C=O) groups excluding carboxylic acids is 1. The summed E-state index contributed by atoms with van der Waals surface area (Å²) < 4.78 is 11.8. The second-order valence-electron chi connectivity index (χ2n) is 5.34. The van der Waals surface area contributed by atoms with E-state index in [1.54, 1.807) is 30.3 Å². The van der Waals surface area contributed by atoms with Crippen LogP contribution in [0.15, 0.2) is 46.9 Å². The molecule has 0 aromatic heterocycles. The topological polar surface area (TPSA) is 78.7 Å². The standard InChI is InChI=1S/C18H14BrNO5/c19-14-11-18-17(24-8-3-9-25-18)10-13(14)16(21)7-6-12-4-1-2-5-15(12)20(22)23/h1-2,4-7,10-11H,3,8-9H2. The number of ketones is 1. The summed E-state index contributed by atoms with van der Waals surface area (Å²) in [7, 11) is 0. The Balaban J connectivity index is 1.89. The molecule has 2 aromatic carbocycles. The summed E-state index contributed by atoms with van der Waals surface area (Å²) in [5, 5.41) is 11.0. The van der Waals surface area contributed by atoms with Crippen molar-refractivity contribution in [2.45, 2.75) is 6.42 Å². The summed E-state index contributed by atoms with van der Waals surface area (Å²) in [5.74, 6) is 0.812. The summed E-state index contributed by atoms with van der Waals surface area (Å²) in [6.07, 6.45) is 3.52. The second-order valence-corrected chi connectivity index (χ2v) is 6.20. The van der Waals surface area contributed by atoms with Gasteiger partial charge in [0.25, 0.3) is 5.69 Å². The van der Waals surface area contributed by atoms with Gasteiger partial charge in [0, 0.05) is 22.5 Å². The van der Waals surface area contributed by atoms with Crippen LogP contribution in [0.4, 0.5) is 5.69 Å². The van der Waals surface area contributed by atoms with Crippen molar-refractivity contribution < 1.29 is 19.2 Å².